The second kappa shape index (κ2) is 7.37. The van der Waals surface area contributed by atoms with Gasteiger partial charge in [0.05, 0.1) is 12.0 Å². The second-order valence-electron chi connectivity index (χ2n) is 5.57. The molecule has 0 fully saturated rings. The Morgan fingerprint density at radius 3 is 2.81 bits per heavy atom. The number of aromatic nitrogens is 2. The first kappa shape index (κ1) is 16.3. The zero-order valence-corrected chi connectivity index (χ0v) is 14.5. The van der Waals surface area contributed by atoms with Crippen molar-refractivity contribution < 1.29 is 13.7 Å². The predicted octanol–water partition coefficient (Wildman–Crippen LogP) is 4.03. The van der Waals surface area contributed by atoms with Crippen LogP contribution in [0.5, 0.6) is 0 Å². The first-order valence-corrected chi connectivity index (χ1v) is 8.96. The van der Waals surface area contributed by atoms with Crippen LogP contribution in [-0.2, 0) is 6.42 Å². The van der Waals surface area contributed by atoms with Crippen molar-refractivity contribution in [2.45, 2.75) is 6.42 Å². The van der Waals surface area contributed by atoms with Crippen molar-refractivity contribution in [2.24, 2.45) is 0 Å². The zero-order valence-electron chi connectivity index (χ0n) is 13.7. The van der Waals surface area contributed by atoms with Crippen LogP contribution >= 0.6 is 11.3 Å². The molecule has 4 aromatic rings. The van der Waals surface area contributed by atoms with Gasteiger partial charge >= 0.3 is 0 Å². The highest BCUT2D eigenvalue weighted by atomic mass is 32.1. The Bertz CT molecular complexity index is 990. The Morgan fingerprint density at radius 1 is 1.12 bits per heavy atom. The molecule has 1 amide bonds. The number of rotatable bonds is 6. The fraction of sp³-hybridized carbons (Fsp3) is 0.105. The Balaban J connectivity index is 1.32. The minimum absolute atomic E-state index is 0.222. The van der Waals surface area contributed by atoms with Crippen LogP contribution in [0.3, 0.4) is 0 Å². The summed E-state index contributed by atoms with van der Waals surface area (Å²) in [5.41, 5.74) is 2.27. The smallest absolute Gasteiger partial charge is 0.273 e. The molecule has 26 heavy (non-hydrogen) atoms. The molecule has 0 radical (unpaired) electrons. The van der Waals surface area contributed by atoms with Crippen LogP contribution in [0.2, 0.25) is 0 Å². The van der Waals surface area contributed by atoms with E-state index in [1.165, 1.54) is 6.26 Å². The van der Waals surface area contributed by atoms with Crippen molar-refractivity contribution in [3.8, 4) is 22.1 Å². The van der Waals surface area contributed by atoms with E-state index in [9.17, 15) is 4.79 Å². The largest absolute Gasteiger partial charge is 0.461 e. The first-order valence-electron chi connectivity index (χ1n) is 8.08. The Labute approximate surface area is 153 Å². The summed E-state index contributed by atoms with van der Waals surface area (Å²) in [4.78, 5) is 16.8. The minimum atomic E-state index is -0.287. The molecular formula is C19H15N3O3S. The van der Waals surface area contributed by atoms with Gasteiger partial charge in [0.25, 0.3) is 5.91 Å². The van der Waals surface area contributed by atoms with Crippen LogP contribution in [0.1, 0.15) is 16.2 Å². The fourth-order valence-corrected chi connectivity index (χ4v) is 3.31. The number of benzene rings is 1. The average Bonchev–Trinajstić information content (AvgIpc) is 3.42. The van der Waals surface area contributed by atoms with Gasteiger partial charge in [0.2, 0.25) is 5.76 Å². The molecule has 0 spiro atoms. The van der Waals surface area contributed by atoms with Crippen molar-refractivity contribution in [1.82, 2.24) is 15.5 Å². The van der Waals surface area contributed by atoms with Gasteiger partial charge in [-0.05, 0) is 12.1 Å². The van der Waals surface area contributed by atoms with Gasteiger partial charge < -0.3 is 14.3 Å². The van der Waals surface area contributed by atoms with Crippen molar-refractivity contribution in [3.05, 3.63) is 71.6 Å². The molecule has 1 aromatic carbocycles. The lowest BCUT2D eigenvalue weighted by molar-refractivity contribution is 0.0945. The number of thiazole rings is 1. The molecule has 1 N–H and O–H groups in total. The van der Waals surface area contributed by atoms with Gasteiger partial charge in [-0.15, -0.1) is 11.3 Å². The maximum Gasteiger partial charge on any atom is 0.273 e. The Hall–Kier alpha value is -3.19. The molecule has 0 atom stereocenters. The number of hydrogen-bond acceptors (Lipinski definition) is 6. The second-order valence-corrected chi connectivity index (χ2v) is 6.43. The van der Waals surface area contributed by atoms with E-state index in [0.717, 1.165) is 16.3 Å². The van der Waals surface area contributed by atoms with E-state index in [2.05, 4.69) is 15.5 Å². The van der Waals surface area contributed by atoms with Crippen LogP contribution in [-0.4, -0.2) is 22.6 Å². The van der Waals surface area contributed by atoms with Crippen LogP contribution in [0.25, 0.3) is 22.1 Å². The summed E-state index contributed by atoms with van der Waals surface area (Å²) >= 11 is 1.60. The number of hydrogen-bond donors (Lipinski definition) is 1. The van der Waals surface area contributed by atoms with E-state index in [1.807, 2.05) is 35.7 Å². The quantitative estimate of drug-likeness (QED) is 0.558. The number of carbonyl (C=O) groups is 1. The summed E-state index contributed by atoms with van der Waals surface area (Å²) in [5.74, 6) is 0.671. The summed E-state index contributed by atoms with van der Waals surface area (Å²) in [6.45, 7) is 0.472. The molecule has 0 aliphatic rings. The SMILES string of the molecule is O=C(NCCc1csc(-c2ccccc2)n1)c1cc(-c2ccco2)on1. The van der Waals surface area contributed by atoms with Crippen molar-refractivity contribution in [1.29, 1.82) is 0 Å². The molecule has 0 aliphatic carbocycles. The molecule has 0 saturated heterocycles. The van der Waals surface area contributed by atoms with Crippen molar-refractivity contribution in [2.75, 3.05) is 6.54 Å². The normalized spacial score (nSPS) is 10.8. The number of nitrogens with zero attached hydrogens (tertiary/aromatic N) is 2. The van der Waals surface area contributed by atoms with E-state index in [4.69, 9.17) is 8.94 Å². The molecule has 3 heterocycles. The topological polar surface area (TPSA) is 81.2 Å². The number of carbonyl (C=O) groups excluding carboxylic acids is 1. The number of furan rings is 1. The highest BCUT2D eigenvalue weighted by Crippen LogP contribution is 2.23. The van der Waals surface area contributed by atoms with Crippen LogP contribution in [0.4, 0.5) is 0 Å². The molecule has 0 aliphatic heterocycles. The van der Waals surface area contributed by atoms with Gasteiger partial charge in [-0.1, -0.05) is 35.5 Å². The zero-order chi connectivity index (χ0) is 17.8. The highest BCUT2D eigenvalue weighted by Gasteiger charge is 2.15. The number of nitrogens with one attached hydrogen (secondary N) is 1. The summed E-state index contributed by atoms with van der Waals surface area (Å²) in [7, 11) is 0. The first-order chi connectivity index (χ1) is 12.8. The minimum Gasteiger partial charge on any atom is -0.461 e. The number of amides is 1. The Kier molecular flexibility index (Phi) is 4.61. The lowest BCUT2D eigenvalue weighted by Gasteiger charge is -2.00. The van der Waals surface area contributed by atoms with Crippen LogP contribution in [0.15, 0.2) is 69.1 Å². The molecule has 130 valence electrons. The lowest BCUT2D eigenvalue weighted by atomic mass is 10.2. The van der Waals surface area contributed by atoms with E-state index in [1.54, 1.807) is 29.5 Å². The van der Waals surface area contributed by atoms with Gasteiger partial charge in [-0.2, -0.15) is 0 Å². The summed E-state index contributed by atoms with van der Waals surface area (Å²) in [6.07, 6.45) is 2.19. The molecule has 6 nitrogen and oxygen atoms in total. The molecule has 7 heteroatoms. The molecule has 0 unspecified atom stereocenters. The van der Waals surface area contributed by atoms with E-state index in [0.29, 0.717) is 24.5 Å². The van der Waals surface area contributed by atoms with Crippen molar-refractivity contribution in [3.63, 3.8) is 0 Å². The average molecular weight is 365 g/mol. The molecule has 0 saturated carbocycles. The summed E-state index contributed by atoms with van der Waals surface area (Å²) in [5, 5.41) is 9.60. The predicted molar refractivity (Wildman–Crippen MR) is 97.8 cm³/mol. The molecule has 3 aromatic heterocycles. The van der Waals surface area contributed by atoms with Gasteiger partial charge in [-0.3, -0.25) is 4.79 Å². The Morgan fingerprint density at radius 2 is 2.00 bits per heavy atom. The standard InChI is InChI=1S/C19H15N3O3S/c23-18(15-11-17(25-22-15)16-7-4-10-24-16)20-9-8-14-12-26-19(21-14)13-5-2-1-3-6-13/h1-7,10-12H,8-9H2,(H,20,23). The molecule has 0 bridgehead atoms. The van der Waals surface area contributed by atoms with E-state index in [-0.39, 0.29) is 11.6 Å². The van der Waals surface area contributed by atoms with Crippen LogP contribution in [0, 0.1) is 0 Å². The lowest BCUT2D eigenvalue weighted by Crippen LogP contribution is -2.26. The summed E-state index contributed by atoms with van der Waals surface area (Å²) in [6, 6.07) is 15.1. The molecule has 4 rings (SSSR count). The van der Waals surface area contributed by atoms with Gasteiger partial charge in [0.1, 0.15) is 5.01 Å². The van der Waals surface area contributed by atoms with E-state index >= 15 is 0 Å². The fourth-order valence-electron chi connectivity index (χ4n) is 2.45. The maximum absolute atomic E-state index is 12.2. The summed E-state index contributed by atoms with van der Waals surface area (Å²) < 4.78 is 10.3. The van der Waals surface area contributed by atoms with Gasteiger partial charge in [-0.25, -0.2) is 4.98 Å². The third-order valence-corrected chi connectivity index (χ3v) is 4.69. The molecular weight excluding hydrogens is 350 g/mol. The monoisotopic (exact) mass is 365 g/mol. The van der Waals surface area contributed by atoms with Gasteiger partial charge in [0.15, 0.2) is 11.5 Å². The van der Waals surface area contributed by atoms with Crippen molar-refractivity contribution >= 4 is 17.2 Å². The highest BCUT2D eigenvalue weighted by molar-refractivity contribution is 7.13. The third kappa shape index (κ3) is 3.57. The van der Waals surface area contributed by atoms with Crippen LogP contribution < -0.4 is 5.32 Å². The van der Waals surface area contributed by atoms with E-state index < -0.39 is 0 Å². The van der Waals surface area contributed by atoms with Gasteiger partial charge in [0, 0.05) is 30.0 Å². The third-order valence-electron chi connectivity index (χ3n) is 3.75. The maximum atomic E-state index is 12.2.